The summed E-state index contributed by atoms with van der Waals surface area (Å²) >= 11 is 0. The Morgan fingerprint density at radius 3 is 2.58 bits per heavy atom. The zero-order valence-corrected chi connectivity index (χ0v) is 13.8. The lowest BCUT2D eigenvalue weighted by molar-refractivity contribution is -0.133. The quantitative estimate of drug-likeness (QED) is 0.802. The molecule has 2 amide bonds. The number of methoxy groups -OCH3 is 1. The maximum Gasteiger partial charge on any atom is 0.372 e. The number of amides is 2. The number of nitrogens with one attached hydrogen (secondary N) is 1. The van der Waals surface area contributed by atoms with E-state index in [1.165, 1.54) is 6.07 Å². The molecule has 0 aliphatic carbocycles. The van der Waals surface area contributed by atoms with Crippen molar-refractivity contribution in [2.24, 2.45) is 0 Å². The van der Waals surface area contributed by atoms with Crippen LogP contribution >= 0.6 is 0 Å². The molecule has 0 bridgehead atoms. The van der Waals surface area contributed by atoms with Crippen LogP contribution in [0.2, 0.25) is 0 Å². The highest BCUT2D eigenvalue weighted by atomic mass is 16.5. The maximum atomic E-state index is 12.2. The number of aromatic carboxylic acids is 1. The minimum Gasteiger partial charge on any atom is -0.475 e. The van der Waals surface area contributed by atoms with E-state index in [0.29, 0.717) is 44.5 Å². The zero-order chi connectivity index (χ0) is 17.7. The highest BCUT2D eigenvalue weighted by Gasteiger charge is 2.25. The first-order chi connectivity index (χ1) is 11.4. The number of carbonyl (C=O) groups excluding carboxylic acids is 2. The van der Waals surface area contributed by atoms with E-state index in [9.17, 15) is 14.4 Å². The Bertz CT molecular complexity index is 616. The Labute approximate surface area is 139 Å². The van der Waals surface area contributed by atoms with Crippen molar-refractivity contribution in [3.8, 4) is 0 Å². The molecule has 0 atom stereocenters. The monoisotopic (exact) mass is 338 g/mol. The summed E-state index contributed by atoms with van der Waals surface area (Å²) in [7, 11) is 1.56. The van der Waals surface area contributed by atoms with Gasteiger partial charge in [-0.1, -0.05) is 0 Å². The van der Waals surface area contributed by atoms with Crippen molar-refractivity contribution in [1.82, 2.24) is 10.2 Å². The number of furan rings is 1. The number of hydrogen-bond acceptors (Lipinski definition) is 5. The second-order valence-corrected chi connectivity index (χ2v) is 5.80. The molecule has 24 heavy (non-hydrogen) atoms. The molecule has 0 spiro atoms. The lowest BCUT2D eigenvalue weighted by Gasteiger charge is -2.32. The minimum absolute atomic E-state index is 0.0106. The Morgan fingerprint density at radius 2 is 2.04 bits per heavy atom. The van der Waals surface area contributed by atoms with Crippen LogP contribution in [-0.2, 0) is 9.53 Å². The van der Waals surface area contributed by atoms with Crippen LogP contribution in [0.25, 0.3) is 0 Å². The number of likely N-dealkylation sites (tertiary alicyclic amines) is 1. The average Bonchev–Trinajstić information content (AvgIpc) is 2.95. The zero-order valence-electron chi connectivity index (χ0n) is 13.8. The van der Waals surface area contributed by atoms with Gasteiger partial charge >= 0.3 is 5.97 Å². The van der Waals surface area contributed by atoms with Gasteiger partial charge in [0.15, 0.2) is 5.76 Å². The Hall–Kier alpha value is -2.35. The van der Waals surface area contributed by atoms with E-state index in [2.05, 4.69) is 5.32 Å². The van der Waals surface area contributed by atoms with Crippen LogP contribution < -0.4 is 5.32 Å². The van der Waals surface area contributed by atoms with Gasteiger partial charge in [-0.25, -0.2) is 4.79 Å². The van der Waals surface area contributed by atoms with Crippen molar-refractivity contribution in [3.05, 3.63) is 23.2 Å². The molecule has 0 unspecified atom stereocenters. The van der Waals surface area contributed by atoms with Crippen molar-refractivity contribution in [2.75, 3.05) is 26.8 Å². The summed E-state index contributed by atoms with van der Waals surface area (Å²) in [5.41, 5.74) is 0.409. The predicted molar refractivity (Wildman–Crippen MR) is 84.0 cm³/mol. The van der Waals surface area contributed by atoms with Gasteiger partial charge in [0.2, 0.25) is 11.7 Å². The third-order valence-electron chi connectivity index (χ3n) is 4.04. The third-order valence-corrected chi connectivity index (χ3v) is 4.04. The molecule has 0 aromatic carbocycles. The largest absolute Gasteiger partial charge is 0.475 e. The molecule has 2 N–H and O–H groups in total. The molecule has 0 radical (unpaired) electrons. The van der Waals surface area contributed by atoms with Gasteiger partial charge in [0, 0.05) is 31.8 Å². The van der Waals surface area contributed by atoms with Crippen molar-refractivity contribution in [2.45, 2.75) is 32.2 Å². The summed E-state index contributed by atoms with van der Waals surface area (Å²) in [6, 6.07) is 1.35. The van der Waals surface area contributed by atoms with E-state index in [-0.39, 0.29) is 23.5 Å². The first-order valence-electron chi connectivity index (χ1n) is 7.83. The molecular formula is C16H22N2O6. The number of carboxylic acids is 1. The highest BCUT2D eigenvalue weighted by Crippen LogP contribution is 2.16. The number of hydrogen-bond donors (Lipinski definition) is 2. The maximum absolute atomic E-state index is 12.2. The van der Waals surface area contributed by atoms with Gasteiger partial charge in [-0.15, -0.1) is 0 Å². The van der Waals surface area contributed by atoms with Crippen LogP contribution in [0.3, 0.4) is 0 Å². The standard InChI is InChI=1S/C16H22N2O6/c1-10-9-12(24-14(10)16(21)22)15(20)17-11-3-6-18(7-4-11)13(19)5-8-23-2/h9,11H,3-8H2,1-2H3,(H,17,20)(H,21,22). The summed E-state index contributed by atoms with van der Waals surface area (Å²) in [6.07, 6.45) is 1.66. The van der Waals surface area contributed by atoms with Gasteiger partial charge in [0.05, 0.1) is 13.0 Å². The molecule has 132 valence electrons. The van der Waals surface area contributed by atoms with E-state index < -0.39 is 11.9 Å². The van der Waals surface area contributed by atoms with Gasteiger partial charge < -0.3 is 24.5 Å². The van der Waals surface area contributed by atoms with E-state index in [0.717, 1.165) is 0 Å². The van der Waals surface area contributed by atoms with E-state index in [1.54, 1.807) is 18.9 Å². The molecule has 8 heteroatoms. The fraction of sp³-hybridized carbons (Fsp3) is 0.562. The number of rotatable bonds is 6. The van der Waals surface area contributed by atoms with Crippen LogP contribution in [-0.4, -0.2) is 60.6 Å². The fourth-order valence-corrected chi connectivity index (χ4v) is 2.68. The summed E-state index contributed by atoms with van der Waals surface area (Å²) < 4.78 is 9.99. The van der Waals surface area contributed by atoms with Crippen LogP contribution in [0.1, 0.15) is 45.9 Å². The molecule has 1 aromatic rings. The van der Waals surface area contributed by atoms with E-state index in [1.807, 2.05) is 0 Å². The molecule has 1 aliphatic rings. The Kier molecular flexibility index (Phi) is 5.97. The number of ether oxygens (including phenoxy) is 1. The van der Waals surface area contributed by atoms with Gasteiger partial charge in [-0.05, 0) is 25.8 Å². The normalized spacial score (nSPS) is 15.3. The molecule has 1 saturated heterocycles. The van der Waals surface area contributed by atoms with Crippen molar-refractivity contribution < 1.29 is 28.6 Å². The third kappa shape index (κ3) is 4.35. The second-order valence-electron chi connectivity index (χ2n) is 5.80. The highest BCUT2D eigenvalue weighted by molar-refractivity contribution is 5.94. The van der Waals surface area contributed by atoms with E-state index >= 15 is 0 Å². The van der Waals surface area contributed by atoms with Crippen molar-refractivity contribution in [1.29, 1.82) is 0 Å². The molecule has 2 rings (SSSR count). The molecule has 0 saturated carbocycles. The number of nitrogens with zero attached hydrogens (tertiary/aromatic N) is 1. The van der Waals surface area contributed by atoms with Crippen LogP contribution in [0, 0.1) is 6.92 Å². The average molecular weight is 338 g/mol. The lowest BCUT2D eigenvalue weighted by atomic mass is 10.0. The summed E-state index contributed by atoms with van der Waals surface area (Å²) in [5, 5.41) is 11.8. The number of piperidine rings is 1. The van der Waals surface area contributed by atoms with Gasteiger partial charge in [0.1, 0.15) is 0 Å². The first-order valence-corrected chi connectivity index (χ1v) is 7.83. The molecular weight excluding hydrogens is 316 g/mol. The SMILES string of the molecule is COCCC(=O)N1CCC(NC(=O)c2cc(C)c(C(=O)O)o2)CC1. The molecule has 1 aliphatic heterocycles. The minimum atomic E-state index is -1.20. The van der Waals surface area contributed by atoms with E-state index in [4.69, 9.17) is 14.3 Å². The lowest BCUT2D eigenvalue weighted by Crippen LogP contribution is -2.46. The molecule has 8 nitrogen and oxygen atoms in total. The van der Waals surface area contributed by atoms with Crippen LogP contribution in [0.15, 0.2) is 10.5 Å². The van der Waals surface area contributed by atoms with Crippen molar-refractivity contribution in [3.63, 3.8) is 0 Å². The predicted octanol–water partition coefficient (Wildman–Crippen LogP) is 1.04. The first kappa shape index (κ1) is 18.0. The van der Waals surface area contributed by atoms with Crippen LogP contribution in [0.4, 0.5) is 0 Å². The number of carboxylic acid groups (broad SMARTS) is 1. The topological polar surface area (TPSA) is 109 Å². The number of carbonyl (C=O) groups is 3. The smallest absolute Gasteiger partial charge is 0.372 e. The van der Waals surface area contributed by atoms with Gasteiger partial charge in [0.25, 0.3) is 5.91 Å². The number of aryl methyl sites for hydroxylation is 1. The summed E-state index contributed by atoms with van der Waals surface area (Å²) in [6.45, 7) is 3.13. The Balaban J connectivity index is 1.85. The summed E-state index contributed by atoms with van der Waals surface area (Å²) in [5.74, 6) is -1.82. The molecule has 1 fully saturated rings. The Morgan fingerprint density at radius 1 is 1.38 bits per heavy atom. The second kappa shape index (κ2) is 7.96. The van der Waals surface area contributed by atoms with Gasteiger partial charge in [-0.3, -0.25) is 9.59 Å². The molecule has 2 heterocycles. The fourth-order valence-electron chi connectivity index (χ4n) is 2.68. The van der Waals surface area contributed by atoms with Crippen LogP contribution in [0.5, 0.6) is 0 Å². The van der Waals surface area contributed by atoms with Gasteiger partial charge in [-0.2, -0.15) is 0 Å². The molecule has 1 aromatic heterocycles. The summed E-state index contributed by atoms with van der Waals surface area (Å²) in [4.78, 5) is 36.8. The van der Waals surface area contributed by atoms with Crippen molar-refractivity contribution >= 4 is 17.8 Å².